The predicted molar refractivity (Wildman–Crippen MR) is 52.0 cm³/mol. The summed E-state index contributed by atoms with van der Waals surface area (Å²) in [6, 6.07) is 3.61. The highest BCUT2D eigenvalue weighted by Gasteiger charge is 2.04. The Kier molecular flexibility index (Phi) is 3.67. The fourth-order valence-corrected chi connectivity index (χ4v) is 1.19. The molecule has 1 heterocycles. The Morgan fingerprint density at radius 1 is 1.54 bits per heavy atom. The summed E-state index contributed by atoms with van der Waals surface area (Å²) in [5.74, 6) is 0.484. The molecular weight excluding hydrogens is 166 g/mol. The molecular formula is C9H15N3O. The van der Waals surface area contributed by atoms with Crippen molar-refractivity contribution >= 4 is 5.82 Å². The fraction of sp³-hybridized carbons (Fsp3) is 0.444. The molecule has 4 nitrogen and oxygen atoms in total. The molecule has 0 amide bonds. The van der Waals surface area contributed by atoms with Crippen LogP contribution in [0, 0.1) is 0 Å². The number of pyridine rings is 1. The summed E-state index contributed by atoms with van der Waals surface area (Å²) >= 11 is 0. The minimum absolute atomic E-state index is 0.383. The molecule has 0 aliphatic heterocycles. The normalized spacial score (nSPS) is 12.8. The molecule has 1 aromatic rings. The first kappa shape index (κ1) is 9.95. The van der Waals surface area contributed by atoms with Crippen molar-refractivity contribution in [3.8, 4) is 0 Å². The molecule has 1 unspecified atom stereocenters. The molecule has 72 valence electrons. The zero-order valence-electron chi connectivity index (χ0n) is 7.48. The van der Waals surface area contributed by atoms with Crippen LogP contribution in [0.25, 0.3) is 0 Å². The lowest BCUT2D eigenvalue weighted by molar-refractivity contribution is 0.167. The van der Waals surface area contributed by atoms with Crippen LogP contribution in [0.3, 0.4) is 0 Å². The maximum atomic E-state index is 9.45. The lowest BCUT2D eigenvalue weighted by Gasteiger charge is -2.08. The first-order chi connectivity index (χ1) is 6.22. The van der Waals surface area contributed by atoms with Crippen LogP contribution < -0.4 is 11.5 Å². The van der Waals surface area contributed by atoms with Gasteiger partial charge in [-0.2, -0.15) is 0 Å². The molecule has 0 aromatic carbocycles. The van der Waals surface area contributed by atoms with E-state index in [4.69, 9.17) is 11.5 Å². The third kappa shape index (κ3) is 3.40. The number of nitrogens with two attached hydrogens (primary N) is 2. The van der Waals surface area contributed by atoms with Crippen LogP contribution in [0.5, 0.6) is 0 Å². The van der Waals surface area contributed by atoms with Gasteiger partial charge >= 0.3 is 0 Å². The number of anilines is 1. The van der Waals surface area contributed by atoms with E-state index in [1.54, 1.807) is 12.3 Å². The Balaban J connectivity index is 2.53. The molecule has 0 saturated carbocycles. The van der Waals surface area contributed by atoms with Crippen molar-refractivity contribution < 1.29 is 5.11 Å². The van der Waals surface area contributed by atoms with Crippen molar-refractivity contribution in [2.24, 2.45) is 5.73 Å². The summed E-state index contributed by atoms with van der Waals surface area (Å²) in [5, 5.41) is 9.45. The van der Waals surface area contributed by atoms with Gasteiger partial charge in [-0.15, -0.1) is 0 Å². The number of nitrogen functional groups attached to an aromatic ring is 1. The van der Waals surface area contributed by atoms with Gasteiger partial charge < -0.3 is 16.6 Å². The summed E-state index contributed by atoms with van der Waals surface area (Å²) in [4.78, 5) is 3.86. The Hall–Kier alpha value is -1.13. The third-order valence-corrected chi connectivity index (χ3v) is 1.82. The third-order valence-electron chi connectivity index (χ3n) is 1.82. The summed E-state index contributed by atoms with van der Waals surface area (Å²) in [7, 11) is 0. The van der Waals surface area contributed by atoms with Gasteiger partial charge in [0.2, 0.25) is 0 Å². The summed E-state index contributed by atoms with van der Waals surface area (Å²) in [6.07, 6.45) is 2.46. The minimum atomic E-state index is -0.383. The number of hydrogen-bond donors (Lipinski definition) is 3. The van der Waals surface area contributed by atoms with Gasteiger partial charge in [-0.25, -0.2) is 4.98 Å². The van der Waals surface area contributed by atoms with Gasteiger partial charge in [0.05, 0.1) is 6.10 Å². The fourth-order valence-electron chi connectivity index (χ4n) is 1.19. The van der Waals surface area contributed by atoms with Crippen molar-refractivity contribution in [2.75, 3.05) is 12.3 Å². The Labute approximate surface area is 77.6 Å². The predicted octanol–water partition coefficient (Wildman–Crippen LogP) is -0.0840. The molecule has 0 aliphatic carbocycles. The van der Waals surface area contributed by atoms with Gasteiger partial charge in [0.1, 0.15) is 5.82 Å². The van der Waals surface area contributed by atoms with Crippen LogP contribution in [0.4, 0.5) is 5.82 Å². The number of aliphatic hydroxyl groups is 1. The van der Waals surface area contributed by atoms with E-state index in [-0.39, 0.29) is 6.10 Å². The summed E-state index contributed by atoms with van der Waals surface area (Å²) < 4.78 is 0. The van der Waals surface area contributed by atoms with Crippen LogP contribution in [-0.4, -0.2) is 22.7 Å². The smallest absolute Gasteiger partial charge is 0.123 e. The first-order valence-corrected chi connectivity index (χ1v) is 4.31. The van der Waals surface area contributed by atoms with E-state index < -0.39 is 0 Å². The van der Waals surface area contributed by atoms with Gasteiger partial charge in [-0.05, 0) is 37.1 Å². The molecule has 1 aromatic heterocycles. The Morgan fingerprint density at radius 2 is 2.31 bits per heavy atom. The molecule has 5 N–H and O–H groups in total. The highest BCUT2D eigenvalue weighted by atomic mass is 16.3. The van der Waals surface area contributed by atoms with E-state index in [2.05, 4.69) is 4.98 Å². The molecule has 1 atom stereocenters. The van der Waals surface area contributed by atoms with Gasteiger partial charge in [-0.3, -0.25) is 0 Å². The molecule has 0 saturated heterocycles. The van der Waals surface area contributed by atoms with E-state index >= 15 is 0 Å². The summed E-state index contributed by atoms with van der Waals surface area (Å²) in [5.41, 5.74) is 11.8. The second kappa shape index (κ2) is 4.79. The van der Waals surface area contributed by atoms with Crippen molar-refractivity contribution in [3.63, 3.8) is 0 Å². The lowest BCUT2D eigenvalue weighted by atomic mass is 10.1. The van der Waals surface area contributed by atoms with Crippen molar-refractivity contribution in [1.29, 1.82) is 0 Å². The average Bonchev–Trinajstić information content (AvgIpc) is 2.04. The molecule has 0 spiro atoms. The second-order valence-corrected chi connectivity index (χ2v) is 3.02. The highest BCUT2D eigenvalue weighted by molar-refractivity contribution is 5.31. The minimum Gasteiger partial charge on any atom is -0.393 e. The summed E-state index contributed by atoms with van der Waals surface area (Å²) in [6.45, 7) is 0.502. The van der Waals surface area contributed by atoms with Gasteiger partial charge in [0.25, 0.3) is 0 Å². The molecule has 0 aliphatic rings. The van der Waals surface area contributed by atoms with Gasteiger partial charge in [0.15, 0.2) is 0 Å². The molecule has 4 heteroatoms. The second-order valence-electron chi connectivity index (χ2n) is 3.02. The van der Waals surface area contributed by atoms with Crippen LogP contribution in [0.2, 0.25) is 0 Å². The largest absolute Gasteiger partial charge is 0.393 e. The molecule has 0 bridgehead atoms. The topological polar surface area (TPSA) is 85.2 Å². The number of hydrogen-bond acceptors (Lipinski definition) is 4. The zero-order chi connectivity index (χ0) is 9.68. The van der Waals surface area contributed by atoms with E-state index in [0.717, 1.165) is 5.56 Å². The number of aliphatic hydroxyl groups excluding tert-OH is 1. The van der Waals surface area contributed by atoms with Crippen LogP contribution in [-0.2, 0) is 6.42 Å². The van der Waals surface area contributed by atoms with E-state index in [1.807, 2.05) is 6.07 Å². The molecule has 0 radical (unpaired) electrons. The van der Waals surface area contributed by atoms with Crippen molar-refractivity contribution in [2.45, 2.75) is 18.9 Å². The average molecular weight is 181 g/mol. The molecule has 0 fully saturated rings. The highest BCUT2D eigenvalue weighted by Crippen LogP contribution is 2.07. The SMILES string of the molecule is NCCC(O)Cc1ccnc(N)c1. The number of rotatable bonds is 4. The lowest BCUT2D eigenvalue weighted by Crippen LogP contribution is -2.16. The van der Waals surface area contributed by atoms with E-state index in [1.165, 1.54) is 0 Å². The van der Waals surface area contributed by atoms with E-state index in [0.29, 0.717) is 25.2 Å². The first-order valence-electron chi connectivity index (χ1n) is 4.31. The van der Waals surface area contributed by atoms with Crippen molar-refractivity contribution in [1.82, 2.24) is 4.98 Å². The maximum absolute atomic E-state index is 9.45. The number of aromatic nitrogens is 1. The zero-order valence-corrected chi connectivity index (χ0v) is 7.48. The number of nitrogens with zero attached hydrogens (tertiary/aromatic N) is 1. The standard InChI is InChI=1S/C9H15N3O/c10-3-1-8(13)5-7-2-4-12-9(11)6-7/h2,4,6,8,13H,1,3,5,10H2,(H2,11,12). The monoisotopic (exact) mass is 181 g/mol. The quantitative estimate of drug-likeness (QED) is 0.606. The van der Waals surface area contributed by atoms with Gasteiger partial charge in [0, 0.05) is 6.20 Å². The van der Waals surface area contributed by atoms with Crippen LogP contribution in [0.1, 0.15) is 12.0 Å². The van der Waals surface area contributed by atoms with E-state index in [9.17, 15) is 5.11 Å². The van der Waals surface area contributed by atoms with Crippen LogP contribution in [0.15, 0.2) is 18.3 Å². The molecule has 13 heavy (non-hydrogen) atoms. The Bertz CT molecular complexity index is 265. The molecule has 1 rings (SSSR count). The van der Waals surface area contributed by atoms with Crippen LogP contribution >= 0.6 is 0 Å². The van der Waals surface area contributed by atoms with Gasteiger partial charge in [-0.1, -0.05) is 0 Å². The maximum Gasteiger partial charge on any atom is 0.123 e. The van der Waals surface area contributed by atoms with Crippen molar-refractivity contribution in [3.05, 3.63) is 23.9 Å². The Morgan fingerprint density at radius 3 is 2.92 bits per heavy atom.